The first-order valence-electron chi connectivity index (χ1n) is 8.66. The predicted molar refractivity (Wildman–Crippen MR) is 108 cm³/mol. The first kappa shape index (κ1) is 23.6. The number of aromatic nitrogens is 1. The van der Waals surface area contributed by atoms with Gasteiger partial charge in [0.1, 0.15) is 11.8 Å². The molecule has 0 fully saturated rings. The van der Waals surface area contributed by atoms with Crippen molar-refractivity contribution in [1.82, 2.24) is 9.88 Å². The van der Waals surface area contributed by atoms with Gasteiger partial charge in [0.2, 0.25) is 0 Å². The van der Waals surface area contributed by atoms with Crippen LogP contribution in [0.25, 0.3) is 11.3 Å². The standard InChI is InChI=1S/C15H11FN2O2.C6H13NO2/c1-3-9-5-4-6-10(7-9)13-11(16)8-12(17)14(18-13)15(19)20-2;1-4-5(8)6(9)7(2)3/h1,4-8H,17H2,2H3;5,8H,4H2,1-3H3. The van der Waals surface area contributed by atoms with Gasteiger partial charge in [0, 0.05) is 31.3 Å². The maximum Gasteiger partial charge on any atom is 0.358 e. The van der Waals surface area contributed by atoms with Crippen LogP contribution in [0.4, 0.5) is 10.1 Å². The summed E-state index contributed by atoms with van der Waals surface area (Å²) >= 11 is 0. The average molecular weight is 401 g/mol. The van der Waals surface area contributed by atoms with E-state index in [1.165, 1.54) is 12.0 Å². The van der Waals surface area contributed by atoms with Crippen LogP contribution in [0.5, 0.6) is 0 Å². The van der Waals surface area contributed by atoms with Gasteiger partial charge in [0.05, 0.1) is 12.8 Å². The van der Waals surface area contributed by atoms with Gasteiger partial charge >= 0.3 is 5.97 Å². The molecule has 7 nitrogen and oxygen atoms in total. The Balaban J connectivity index is 0.000000396. The van der Waals surface area contributed by atoms with Crippen LogP contribution in [-0.2, 0) is 9.53 Å². The molecular weight excluding hydrogens is 377 g/mol. The van der Waals surface area contributed by atoms with E-state index in [9.17, 15) is 14.0 Å². The molecule has 2 rings (SSSR count). The number of hydrogen-bond donors (Lipinski definition) is 2. The van der Waals surface area contributed by atoms with Crippen LogP contribution in [0.3, 0.4) is 0 Å². The quantitative estimate of drug-likeness (QED) is 0.600. The molecule has 1 atom stereocenters. The molecule has 1 unspecified atom stereocenters. The van der Waals surface area contributed by atoms with E-state index in [-0.39, 0.29) is 23.0 Å². The minimum Gasteiger partial charge on any atom is -0.464 e. The van der Waals surface area contributed by atoms with E-state index < -0.39 is 17.9 Å². The van der Waals surface area contributed by atoms with E-state index in [1.807, 2.05) is 0 Å². The molecule has 0 bridgehead atoms. The number of methoxy groups -OCH3 is 1. The second-order valence-electron chi connectivity index (χ2n) is 6.13. The number of amides is 1. The van der Waals surface area contributed by atoms with Gasteiger partial charge in [-0.1, -0.05) is 25.0 Å². The van der Waals surface area contributed by atoms with E-state index in [0.29, 0.717) is 17.5 Å². The molecule has 154 valence electrons. The van der Waals surface area contributed by atoms with Crippen molar-refractivity contribution in [2.45, 2.75) is 19.4 Å². The summed E-state index contributed by atoms with van der Waals surface area (Å²) < 4.78 is 18.5. The van der Waals surface area contributed by atoms with Crippen molar-refractivity contribution >= 4 is 17.6 Å². The number of aliphatic hydroxyl groups excluding tert-OH is 1. The fourth-order valence-corrected chi connectivity index (χ4v) is 2.19. The number of terminal acetylenes is 1. The van der Waals surface area contributed by atoms with Crippen molar-refractivity contribution in [3.05, 3.63) is 47.4 Å². The van der Waals surface area contributed by atoms with Crippen molar-refractivity contribution in [3.8, 4) is 23.6 Å². The van der Waals surface area contributed by atoms with Crippen LogP contribution in [0.1, 0.15) is 29.4 Å². The Kier molecular flexibility index (Phi) is 8.77. The van der Waals surface area contributed by atoms with E-state index >= 15 is 0 Å². The monoisotopic (exact) mass is 401 g/mol. The van der Waals surface area contributed by atoms with Crippen LogP contribution in [-0.4, -0.2) is 54.2 Å². The van der Waals surface area contributed by atoms with Gasteiger partial charge in [0.15, 0.2) is 11.5 Å². The van der Waals surface area contributed by atoms with Gasteiger partial charge in [-0.05, 0) is 18.6 Å². The second kappa shape index (κ2) is 10.8. The Morgan fingerprint density at radius 1 is 1.38 bits per heavy atom. The molecule has 0 aliphatic rings. The molecule has 1 aromatic carbocycles. The first-order chi connectivity index (χ1) is 13.7. The molecule has 3 N–H and O–H groups in total. The number of carbonyl (C=O) groups excluding carboxylic acids is 2. The topological polar surface area (TPSA) is 106 Å². The highest BCUT2D eigenvalue weighted by atomic mass is 19.1. The number of hydrogen-bond acceptors (Lipinski definition) is 6. The van der Waals surface area contributed by atoms with Crippen LogP contribution >= 0.6 is 0 Å². The summed E-state index contributed by atoms with van der Waals surface area (Å²) in [7, 11) is 4.45. The molecule has 2 aromatic rings. The Morgan fingerprint density at radius 3 is 2.52 bits per heavy atom. The highest BCUT2D eigenvalue weighted by Gasteiger charge is 2.17. The van der Waals surface area contributed by atoms with Crippen molar-refractivity contribution in [1.29, 1.82) is 0 Å². The summed E-state index contributed by atoms with van der Waals surface area (Å²) in [5.74, 6) is 0.865. The maximum absolute atomic E-state index is 14.0. The van der Waals surface area contributed by atoms with Gasteiger partial charge in [0.25, 0.3) is 5.91 Å². The number of esters is 1. The van der Waals surface area contributed by atoms with Gasteiger partial charge in [-0.25, -0.2) is 14.2 Å². The number of ether oxygens (including phenoxy) is 1. The largest absolute Gasteiger partial charge is 0.464 e. The molecule has 0 saturated carbocycles. The predicted octanol–water partition coefficient (Wildman–Crippen LogP) is 2.08. The van der Waals surface area contributed by atoms with Crippen LogP contribution in [0.2, 0.25) is 0 Å². The Morgan fingerprint density at radius 2 is 2.03 bits per heavy atom. The minimum atomic E-state index is -0.819. The fraction of sp³-hybridized carbons (Fsp3) is 0.286. The summed E-state index contributed by atoms with van der Waals surface area (Å²) in [5.41, 5.74) is 6.40. The van der Waals surface area contributed by atoms with Gasteiger partial charge < -0.3 is 20.5 Å². The number of pyridine rings is 1. The van der Waals surface area contributed by atoms with Gasteiger partial charge in [-0.2, -0.15) is 0 Å². The maximum atomic E-state index is 14.0. The van der Waals surface area contributed by atoms with E-state index in [0.717, 1.165) is 6.07 Å². The van der Waals surface area contributed by atoms with Gasteiger partial charge in [-0.15, -0.1) is 6.42 Å². The molecule has 0 aliphatic carbocycles. The number of anilines is 1. The number of aliphatic hydroxyl groups is 1. The number of nitrogens with zero attached hydrogens (tertiary/aromatic N) is 2. The number of rotatable bonds is 4. The van der Waals surface area contributed by atoms with Crippen molar-refractivity contribution in [2.75, 3.05) is 26.9 Å². The molecule has 1 aromatic heterocycles. The number of nitrogen functional groups attached to an aromatic ring is 1. The summed E-state index contributed by atoms with van der Waals surface area (Å²) in [5, 5.41) is 8.91. The number of nitrogens with two attached hydrogens (primary N) is 1. The lowest BCUT2D eigenvalue weighted by atomic mass is 10.1. The van der Waals surface area contributed by atoms with Gasteiger partial charge in [-0.3, -0.25) is 4.79 Å². The normalized spacial score (nSPS) is 10.8. The third-order valence-corrected chi connectivity index (χ3v) is 3.80. The third kappa shape index (κ3) is 6.30. The smallest absolute Gasteiger partial charge is 0.358 e. The molecule has 1 amide bonds. The van der Waals surface area contributed by atoms with Crippen molar-refractivity contribution in [2.24, 2.45) is 0 Å². The van der Waals surface area contributed by atoms with Crippen LogP contribution in [0, 0.1) is 18.2 Å². The zero-order chi connectivity index (χ0) is 22.1. The second-order valence-corrected chi connectivity index (χ2v) is 6.13. The van der Waals surface area contributed by atoms with E-state index in [1.54, 1.807) is 45.3 Å². The van der Waals surface area contributed by atoms with Crippen LogP contribution < -0.4 is 5.73 Å². The number of carbonyl (C=O) groups is 2. The number of halogens is 1. The first-order valence-corrected chi connectivity index (χ1v) is 8.66. The molecule has 29 heavy (non-hydrogen) atoms. The molecule has 0 radical (unpaired) electrons. The molecule has 0 saturated heterocycles. The molecule has 0 spiro atoms. The summed E-state index contributed by atoms with van der Waals surface area (Å²) in [6.07, 6.45) is 4.96. The Bertz CT molecular complexity index is 923. The molecule has 1 heterocycles. The lowest BCUT2D eigenvalue weighted by molar-refractivity contribution is -0.137. The van der Waals surface area contributed by atoms with E-state index in [2.05, 4.69) is 15.6 Å². The highest BCUT2D eigenvalue weighted by molar-refractivity contribution is 5.93. The summed E-state index contributed by atoms with van der Waals surface area (Å²) in [6.45, 7) is 1.77. The fourth-order valence-electron chi connectivity index (χ4n) is 2.19. The molecule has 8 heteroatoms. The van der Waals surface area contributed by atoms with E-state index in [4.69, 9.17) is 17.3 Å². The van der Waals surface area contributed by atoms with Crippen LogP contribution in [0.15, 0.2) is 30.3 Å². The summed E-state index contributed by atoms with van der Waals surface area (Å²) in [6, 6.07) is 7.67. The lowest BCUT2D eigenvalue weighted by Gasteiger charge is -2.13. The lowest BCUT2D eigenvalue weighted by Crippen LogP contribution is -2.32. The van der Waals surface area contributed by atoms with Crippen molar-refractivity contribution < 1.29 is 23.8 Å². The SMILES string of the molecule is C#Cc1cccc(-c2nc(C(=O)OC)c(N)cc2F)c1.CCC(O)C(=O)N(C)C. The highest BCUT2D eigenvalue weighted by Crippen LogP contribution is 2.25. The zero-order valence-corrected chi connectivity index (χ0v) is 16.8. The number of benzene rings is 1. The molecule has 0 aliphatic heterocycles. The Hall–Kier alpha value is -3.44. The Labute approximate surface area is 169 Å². The van der Waals surface area contributed by atoms with Crippen molar-refractivity contribution in [3.63, 3.8) is 0 Å². The minimum absolute atomic E-state index is 0.00306. The summed E-state index contributed by atoms with van der Waals surface area (Å²) in [4.78, 5) is 27.6. The number of likely N-dealkylation sites (N-methyl/N-ethyl adjacent to an activating group) is 1. The third-order valence-electron chi connectivity index (χ3n) is 3.80. The molecular formula is C21H24FN3O4. The average Bonchev–Trinajstić information content (AvgIpc) is 2.72. The zero-order valence-electron chi connectivity index (χ0n) is 16.8.